The third-order valence-corrected chi connectivity index (χ3v) is 5.19. The van der Waals surface area contributed by atoms with Crippen molar-refractivity contribution >= 4 is 38.5 Å². The van der Waals surface area contributed by atoms with Crippen molar-refractivity contribution in [3.8, 4) is 0 Å². The Labute approximate surface area is 162 Å². The van der Waals surface area contributed by atoms with Gasteiger partial charge in [0.2, 0.25) is 5.91 Å². The van der Waals surface area contributed by atoms with E-state index < -0.39 is 6.04 Å². The molecule has 0 unspecified atom stereocenters. The van der Waals surface area contributed by atoms with Crippen LogP contribution in [0.5, 0.6) is 0 Å². The van der Waals surface area contributed by atoms with Gasteiger partial charge in [-0.1, -0.05) is 55.5 Å². The highest BCUT2D eigenvalue weighted by Crippen LogP contribution is 2.25. The number of amides is 2. The van der Waals surface area contributed by atoms with Gasteiger partial charge in [0, 0.05) is 5.56 Å². The largest absolute Gasteiger partial charge is 0.340 e. The van der Waals surface area contributed by atoms with Crippen LogP contribution in [-0.2, 0) is 4.79 Å². The maximum atomic E-state index is 12.8. The molecule has 0 bridgehead atoms. The summed E-state index contributed by atoms with van der Waals surface area (Å²) in [6.07, 6.45) is 0.550. The molecule has 1 heterocycles. The normalized spacial score (nSPS) is 12.1. The Morgan fingerprint density at radius 1 is 1.07 bits per heavy atom. The monoisotopic (exact) mass is 381 g/mol. The summed E-state index contributed by atoms with van der Waals surface area (Å²) >= 11 is 1.42. The predicted molar refractivity (Wildman–Crippen MR) is 110 cm³/mol. The minimum atomic E-state index is -0.621. The second kappa shape index (κ2) is 8.31. The van der Waals surface area contributed by atoms with E-state index in [9.17, 15) is 9.59 Å². The molecular weight excluding hydrogens is 358 g/mol. The summed E-state index contributed by atoms with van der Waals surface area (Å²) in [7, 11) is 0. The maximum Gasteiger partial charge on any atom is 0.252 e. The van der Waals surface area contributed by atoms with E-state index in [2.05, 4.69) is 15.6 Å². The summed E-state index contributed by atoms with van der Waals surface area (Å²) < 4.78 is 1.01. The van der Waals surface area contributed by atoms with E-state index in [0.29, 0.717) is 17.1 Å². The number of rotatable bonds is 6. The average Bonchev–Trinajstić information content (AvgIpc) is 3.03. The highest BCUT2D eigenvalue weighted by atomic mass is 32.1. The molecule has 0 saturated heterocycles. The van der Waals surface area contributed by atoms with E-state index in [-0.39, 0.29) is 17.7 Å². The van der Waals surface area contributed by atoms with E-state index in [0.717, 1.165) is 15.8 Å². The zero-order valence-electron chi connectivity index (χ0n) is 15.7. The van der Waals surface area contributed by atoms with Crippen molar-refractivity contribution in [1.29, 1.82) is 0 Å². The molecule has 2 aromatic carbocycles. The number of aromatic nitrogens is 1. The van der Waals surface area contributed by atoms with Crippen LogP contribution in [0.25, 0.3) is 10.2 Å². The van der Waals surface area contributed by atoms with E-state index in [1.807, 2.05) is 63.2 Å². The van der Waals surface area contributed by atoms with E-state index >= 15 is 0 Å². The number of aryl methyl sites for hydroxylation is 1. The van der Waals surface area contributed by atoms with E-state index in [4.69, 9.17) is 0 Å². The molecule has 1 atom stereocenters. The zero-order valence-corrected chi connectivity index (χ0v) is 16.5. The molecular formula is C21H23N3O2S. The van der Waals surface area contributed by atoms with Gasteiger partial charge in [-0.25, -0.2) is 4.98 Å². The Hall–Kier alpha value is -2.73. The quantitative estimate of drug-likeness (QED) is 0.665. The molecule has 0 aliphatic heterocycles. The number of fused-ring (bicyclic) bond motifs is 1. The van der Waals surface area contributed by atoms with Gasteiger partial charge in [-0.3, -0.25) is 9.59 Å². The minimum Gasteiger partial charge on any atom is -0.340 e. The van der Waals surface area contributed by atoms with Crippen molar-refractivity contribution in [2.75, 3.05) is 5.32 Å². The lowest BCUT2D eigenvalue weighted by Gasteiger charge is -2.20. The predicted octanol–water partition coefficient (Wildman–Crippen LogP) is 4.39. The summed E-state index contributed by atoms with van der Waals surface area (Å²) in [5.74, 6) is -0.226. The third-order valence-electron chi connectivity index (χ3n) is 4.24. The number of nitrogens with one attached hydrogen (secondary N) is 2. The van der Waals surface area contributed by atoms with Crippen molar-refractivity contribution in [3.63, 3.8) is 0 Å². The molecule has 5 nitrogen and oxygen atoms in total. The maximum absolute atomic E-state index is 12.8. The first-order valence-electron chi connectivity index (χ1n) is 8.97. The number of anilines is 1. The number of hydrogen-bond acceptors (Lipinski definition) is 4. The number of nitrogens with zero attached hydrogens (tertiary/aromatic N) is 1. The van der Waals surface area contributed by atoms with Gasteiger partial charge in [0.1, 0.15) is 6.04 Å². The van der Waals surface area contributed by atoms with Gasteiger partial charge in [0.15, 0.2) is 5.13 Å². The molecule has 0 spiro atoms. The van der Waals surface area contributed by atoms with Gasteiger partial charge in [-0.2, -0.15) is 0 Å². The molecule has 3 aromatic rings. The number of carbonyl (C=O) groups is 2. The number of benzene rings is 2. The van der Waals surface area contributed by atoms with Gasteiger partial charge in [-0.15, -0.1) is 0 Å². The van der Waals surface area contributed by atoms with Gasteiger partial charge >= 0.3 is 0 Å². The van der Waals surface area contributed by atoms with Crippen LogP contribution in [0.2, 0.25) is 0 Å². The lowest BCUT2D eigenvalue weighted by atomic mass is 10.0. The topological polar surface area (TPSA) is 71.1 Å². The highest BCUT2D eigenvalue weighted by Gasteiger charge is 2.24. The van der Waals surface area contributed by atoms with Crippen molar-refractivity contribution in [2.24, 2.45) is 5.92 Å². The molecule has 0 aliphatic rings. The summed E-state index contributed by atoms with van der Waals surface area (Å²) in [6.45, 7) is 5.93. The van der Waals surface area contributed by atoms with Crippen molar-refractivity contribution in [2.45, 2.75) is 33.2 Å². The third kappa shape index (κ3) is 4.71. The molecule has 0 radical (unpaired) electrons. The average molecular weight is 382 g/mol. The second-order valence-electron chi connectivity index (χ2n) is 6.95. The highest BCUT2D eigenvalue weighted by molar-refractivity contribution is 7.22. The molecule has 0 fully saturated rings. The first-order valence-corrected chi connectivity index (χ1v) is 9.78. The fraction of sp³-hybridized carbons (Fsp3) is 0.286. The van der Waals surface area contributed by atoms with Gasteiger partial charge in [-0.05, 0) is 43.0 Å². The minimum absolute atomic E-state index is 0.238. The first-order chi connectivity index (χ1) is 12.9. The van der Waals surface area contributed by atoms with Crippen molar-refractivity contribution in [3.05, 3.63) is 59.7 Å². The molecule has 1 aromatic heterocycles. The number of carbonyl (C=O) groups excluding carboxylic acids is 2. The molecule has 6 heteroatoms. The number of para-hydroxylation sites is 1. The van der Waals surface area contributed by atoms with Crippen LogP contribution in [0.3, 0.4) is 0 Å². The number of hydrogen-bond donors (Lipinski definition) is 2. The Morgan fingerprint density at radius 2 is 1.78 bits per heavy atom. The molecule has 140 valence electrons. The molecule has 27 heavy (non-hydrogen) atoms. The summed E-state index contributed by atoms with van der Waals surface area (Å²) in [6, 6.07) is 14.5. The summed E-state index contributed by atoms with van der Waals surface area (Å²) in [4.78, 5) is 29.9. The SMILES string of the molecule is Cc1ccccc1C(=O)N[C@H](CC(C)C)C(=O)Nc1nc2ccccc2s1. The van der Waals surface area contributed by atoms with Crippen LogP contribution in [0.15, 0.2) is 48.5 Å². The van der Waals surface area contributed by atoms with Crippen LogP contribution in [0.4, 0.5) is 5.13 Å². The van der Waals surface area contributed by atoms with Crippen molar-refractivity contribution in [1.82, 2.24) is 10.3 Å². The van der Waals surface area contributed by atoms with Gasteiger partial charge in [0.25, 0.3) is 5.91 Å². The lowest BCUT2D eigenvalue weighted by Crippen LogP contribution is -2.44. The smallest absolute Gasteiger partial charge is 0.252 e. The Bertz CT molecular complexity index is 932. The standard InChI is InChI=1S/C21H23N3O2S/c1-13(2)12-17(22-19(25)15-9-5-4-8-14(15)3)20(26)24-21-23-16-10-6-7-11-18(16)27-21/h4-11,13,17H,12H2,1-3H3,(H,22,25)(H,23,24,26)/t17-/m1/s1. The Kier molecular flexibility index (Phi) is 5.86. The summed E-state index contributed by atoms with van der Waals surface area (Å²) in [5.41, 5.74) is 2.31. The van der Waals surface area contributed by atoms with Crippen LogP contribution < -0.4 is 10.6 Å². The molecule has 0 saturated carbocycles. The zero-order chi connectivity index (χ0) is 19.4. The van der Waals surface area contributed by atoms with Crippen LogP contribution >= 0.6 is 11.3 Å². The fourth-order valence-electron chi connectivity index (χ4n) is 2.88. The lowest BCUT2D eigenvalue weighted by molar-refractivity contribution is -0.118. The fourth-order valence-corrected chi connectivity index (χ4v) is 3.75. The Balaban J connectivity index is 1.76. The number of thiazole rings is 1. The van der Waals surface area contributed by atoms with Crippen LogP contribution in [-0.4, -0.2) is 22.8 Å². The van der Waals surface area contributed by atoms with E-state index in [1.165, 1.54) is 11.3 Å². The second-order valence-corrected chi connectivity index (χ2v) is 7.98. The van der Waals surface area contributed by atoms with Gasteiger partial charge < -0.3 is 10.6 Å². The molecule has 3 rings (SSSR count). The molecule has 2 N–H and O–H groups in total. The van der Waals surface area contributed by atoms with Crippen LogP contribution in [0, 0.1) is 12.8 Å². The first kappa shape index (κ1) is 19.0. The van der Waals surface area contributed by atoms with Crippen molar-refractivity contribution < 1.29 is 9.59 Å². The molecule has 2 amide bonds. The van der Waals surface area contributed by atoms with E-state index in [1.54, 1.807) is 6.07 Å². The van der Waals surface area contributed by atoms with Crippen LogP contribution in [0.1, 0.15) is 36.2 Å². The Morgan fingerprint density at radius 3 is 2.48 bits per heavy atom. The van der Waals surface area contributed by atoms with Gasteiger partial charge in [0.05, 0.1) is 10.2 Å². The summed E-state index contributed by atoms with van der Waals surface area (Å²) in [5, 5.41) is 6.29. The molecule has 0 aliphatic carbocycles.